The Labute approximate surface area is 119 Å². The molecule has 1 aromatic rings. The summed E-state index contributed by atoms with van der Waals surface area (Å²) < 4.78 is 5.55. The van der Waals surface area contributed by atoms with Crippen molar-refractivity contribution in [3.63, 3.8) is 0 Å². The highest BCUT2D eigenvalue weighted by Crippen LogP contribution is 2.23. The summed E-state index contributed by atoms with van der Waals surface area (Å²) in [6, 6.07) is 6.72. The van der Waals surface area contributed by atoms with E-state index in [0.717, 1.165) is 6.42 Å². The van der Waals surface area contributed by atoms with Crippen LogP contribution in [0.25, 0.3) is 0 Å². The predicted molar refractivity (Wildman–Crippen MR) is 78.2 cm³/mol. The molecule has 5 nitrogen and oxygen atoms in total. The Kier molecular flexibility index (Phi) is 4.98. The first-order valence-electron chi connectivity index (χ1n) is 6.57. The van der Waals surface area contributed by atoms with Crippen molar-refractivity contribution >= 4 is 11.6 Å². The second kappa shape index (κ2) is 6.29. The summed E-state index contributed by atoms with van der Waals surface area (Å²) in [6.07, 6.45) is 0.167. The molecular weight excluding hydrogens is 254 g/mol. The molecule has 0 aliphatic heterocycles. The Morgan fingerprint density at radius 3 is 2.70 bits per heavy atom. The number of nitrogens with two attached hydrogens (primary N) is 1. The standard InChI is InChI=1S/C15H21N3O2/c1-5-15(3,4)18-14(19)10(2)20-13-7-6-11(9-16)8-12(13)17/h6-8,10H,5,17H2,1-4H3,(H,18,19). The van der Waals surface area contributed by atoms with E-state index >= 15 is 0 Å². The van der Waals surface area contributed by atoms with Crippen molar-refractivity contribution in [2.24, 2.45) is 0 Å². The maximum Gasteiger partial charge on any atom is 0.261 e. The summed E-state index contributed by atoms with van der Waals surface area (Å²) in [6.45, 7) is 7.57. The van der Waals surface area contributed by atoms with Gasteiger partial charge >= 0.3 is 0 Å². The van der Waals surface area contributed by atoms with Crippen molar-refractivity contribution < 1.29 is 9.53 Å². The molecule has 0 saturated heterocycles. The van der Waals surface area contributed by atoms with Crippen LogP contribution in [0.1, 0.15) is 39.7 Å². The van der Waals surface area contributed by atoms with Crippen LogP contribution in [0.15, 0.2) is 18.2 Å². The Bertz CT molecular complexity index is 532. The highest BCUT2D eigenvalue weighted by Gasteiger charge is 2.23. The summed E-state index contributed by atoms with van der Waals surface area (Å²) >= 11 is 0. The van der Waals surface area contributed by atoms with Crippen molar-refractivity contribution in [3.8, 4) is 11.8 Å². The number of benzene rings is 1. The van der Waals surface area contributed by atoms with E-state index in [1.165, 1.54) is 6.07 Å². The third kappa shape index (κ3) is 4.16. The molecule has 1 aromatic carbocycles. The molecule has 1 rings (SSSR count). The van der Waals surface area contributed by atoms with Crippen molar-refractivity contribution in [1.82, 2.24) is 5.32 Å². The highest BCUT2D eigenvalue weighted by molar-refractivity contribution is 5.81. The maximum absolute atomic E-state index is 12.0. The molecule has 0 aliphatic carbocycles. The third-order valence-corrected chi connectivity index (χ3v) is 3.16. The maximum atomic E-state index is 12.0. The van der Waals surface area contributed by atoms with Gasteiger partial charge in [0, 0.05) is 5.54 Å². The third-order valence-electron chi connectivity index (χ3n) is 3.16. The molecule has 0 bridgehead atoms. The fourth-order valence-electron chi connectivity index (χ4n) is 1.49. The topological polar surface area (TPSA) is 88.1 Å². The first-order chi connectivity index (χ1) is 9.29. The van der Waals surface area contributed by atoms with E-state index in [4.69, 9.17) is 15.7 Å². The number of hydrogen-bond donors (Lipinski definition) is 2. The van der Waals surface area contributed by atoms with Crippen LogP contribution in [-0.2, 0) is 4.79 Å². The number of nitrogen functional groups attached to an aromatic ring is 1. The van der Waals surface area contributed by atoms with E-state index in [-0.39, 0.29) is 11.4 Å². The van der Waals surface area contributed by atoms with Gasteiger partial charge in [-0.25, -0.2) is 0 Å². The summed E-state index contributed by atoms with van der Waals surface area (Å²) in [4.78, 5) is 12.0. The number of nitriles is 1. The van der Waals surface area contributed by atoms with Gasteiger partial charge in [-0.1, -0.05) is 6.92 Å². The van der Waals surface area contributed by atoms with E-state index in [2.05, 4.69) is 5.32 Å². The zero-order chi connectivity index (χ0) is 15.3. The van der Waals surface area contributed by atoms with Gasteiger partial charge in [0.05, 0.1) is 17.3 Å². The number of hydrogen-bond acceptors (Lipinski definition) is 4. The molecule has 1 atom stereocenters. The zero-order valence-electron chi connectivity index (χ0n) is 12.4. The number of nitrogens with zero attached hydrogens (tertiary/aromatic N) is 1. The Hall–Kier alpha value is -2.22. The molecule has 0 heterocycles. The molecule has 1 unspecified atom stereocenters. The zero-order valence-corrected chi connectivity index (χ0v) is 12.4. The summed E-state index contributed by atoms with van der Waals surface area (Å²) in [7, 11) is 0. The molecule has 0 saturated carbocycles. The summed E-state index contributed by atoms with van der Waals surface area (Å²) in [5, 5.41) is 11.7. The lowest BCUT2D eigenvalue weighted by atomic mass is 10.0. The fourth-order valence-corrected chi connectivity index (χ4v) is 1.49. The predicted octanol–water partition coefficient (Wildman–Crippen LogP) is 2.21. The molecule has 108 valence electrons. The van der Waals surface area contributed by atoms with Crippen LogP contribution in [0, 0.1) is 11.3 Å². The number of amides is 1. The van der Waals surface area contributed by atoms with E-state index < -0.39 is 6.10 Å². The van der Waals surface area contributed by atoms with Gasteiger partial charge in [-0.2, -0.15) is 5.26 Å². The molecule has 0 aliphatic rings. The lowest BCUT2D eigenvalue weighted by molar-refractivity contribution is -0.128. The summed E-state index contributed by atoms with van der Waals surface area (Å²) in [5.41, 5.74) is 6.32. The smallest absolute Gasteiger partial charge is 0.261 e. The second-order valence-electron chi connectivity index (χ2n) is 5.35. The minimum Gasteiger partial charge on any atom is -0.479 e. The number of ether oxygens (including phenoxy) is 1. The van der Waals surface area contributed by atoms with Crippen LogP contribution in [0.3, 0.4) is 0 Å². The minimum atomic E-state index is -0.656. The van der Waals surface area contributed by atoms with Crippen molar-refractivity contribution in [2.75, 3.05) is 5.73 Å². The lowest BCUT2D eigenvalue weighted by Gasteiger charge is -2.26. The first kappa shape index (κ1) is 15.8. The molecule has 5 heteroatoms. The molecule has 1 amide bonds. The Morgan fingerprint density at radius 1 is 1.55 bits per heavy atom. The van der Waals surface area contributed by atoms with Crippen molar-refractivity contribution in [3.05, 3.63) is 23.8 Å². The number of anilines is 1. The number of carbonyl (C=O) groups excluding carboxylic acids is 1. The number of rotatable bonds is 5. The Balaban J connectivity index is 2.74. The SMILES string of the molecule is CCC(C)(C)NC(=O)C(C)Oc1ccc(C#N)cc1N. The molecule has 0 aromatic heterocycles. The van der Waals surface area contributed by atoms with Gasteiger partial charge in [0.25, 0.3) is 5.91 Å². The number of carbonyl (C=O) groups is 1. The van der Waals surface area contributed by atoms with Crippen molar-refractivity contribution in [2.45, 2.75) is 45.8 Å². The summed E-state index contributed by atoms with van der Waals surface area (Å²) in [5.74, 6) is 0.210. The minimum absolute atomic E-state index is 0.194. The molecule has 0 fully saturated rings. The van der Waals surface area contributed by atoms with Crippen LogP contribution in [-0.4, -0.2) is 17.6 Å². The van der Waals surface area contributed by atoms with E-state index in [0.29, 0.717) is 17.0 Å². The van der Waals surface area contributed by atoms with Gasteiger partial charge in [-0.3, -0.25) is 4.79 Å². The fraction of sp³-hybridized carbons (Fsp3) is 0.467. The van der Waals surface area contributed by atoms with Gasteiger partial charge in [0.1, 0.15) is 5.75 Å². The second-order valence-corrected chi connectivity index (χ2v) is 5.35. The van der Waals surface area contributed by atoms with Crippen LogP contribution >= 0.6 is 0 Å². The van der Waals surface area contributed by atoms with Crippen LogP contribution in [0.5, 0.6) is 5.75 Å². The normalized spacial score (nSPS) is 12.3. The van der Waals surface area contributed by atoms with Gasteiger partial charge in [-0.15, -0.1) is 0 Å². The highest BCUT2D eigenvalue weighted by atomic mass is 16.5. The molecule has 20 heavy (non-hydrogen) atoms. The van der Waals surface area contributed by atoms with E-state index in [1.54, 1.807) is 19.1 Å². The van der Waals surface area contributed by atoms with Gasteiger partial charge < -0.3 is 15.8 Å². The molecule has 0 spiro atoms. The molecule has 0 radical (unpaired) electrons. The molecule has 3 N–H and O–H groups in total. The lowest BCUT2D eigenvalue weighted by Crippen LogP contribution is -2.48. The van der Waals surface area contributed by atoms with Crippen molar-refractivity contribution in [1.29, 1.82) is 5.26 Å². The largest absolute Gasteiger partial charge is 0.479 e. The van der Waals surface area contributed by atoms with Gasteiger partial charge in [0.15, 0.2) is 6.10 Å². The first-order valence-corrected chi connectivity index (χ1v) is 6.57. The molecular formula is C15H21N3O2. The monoisotopic (exact) mass is 275 g/mol. The van der Waals surface area contributed by atoms with Crippen LogP contribution in [0.2, 0.25) is 0 Å². The van der Waals surface area contributed by atoms with E-state index in [9.17, 15) is 4.79 Å². The number of nitrogens with one attached hydrogen (secondary N) is 1. The van der Waals surface area contributed by atoms with Gasteiger partial charge in [-0.05, 0) is 45.4 Å². The van der Waals surface area contributed by atoms with Gasteiger partial charge in [0.2, 0.25) is 0 Å². The average molecular weight is 275 g/mol. The van der Waals surface area contributed by atoms with Crippen LogP contribution in [0.4, 0.5) is 5.69 Å². The average Bonchev–Trinajstić information content (AvgIpc) is 2.40. The van der Waals surface area contributed by atoms with E-state index in [1.807, 2.05) is 26.8 Å². The van der Waals surface area contributed by atoms with Crippen LogP contribution < -0.4 is 15.8 Å². The quantitative estimate of drug-likeness (QED) is 0.806. The Morgan fingerprint density at radius 2 is 2.20 bits per heavy atom.